The van der Waals surface area contributed by atoms with Crippen LogP contribution < -0.4 is 0 Å². The fraction of sp³-hybridized carbons (Fsp3) is 0.0769. The zero-order valence-corrected chi connectivity index (χ0v) is 12.9. The molecule has 94 valence electrons. The van der Waals surface area contributed by atoms with E-state index in [1.54, 1.807) is 18.2 Å². The fourth-order valence-electron chi connectivity index (χ4n) is 1.56. The van der Waals surface area contributed by atoms with Gasteiger partial charge in [-0.15, -0.1) is 0 Å². The van der Waals surface area contributed by atoms with Crippen LogP contribution in [0.15, 0.2) is 40.9 Å². The zero-order valence-electron chi connectivity index (χ0n) is 8.93. The summed E-state index contributed by atoms with van der Waals surface area (Å²) in [5.41, 5.74) is 1.00. The van der Waals surface area contributed by atoms with Crippen LogP contribution in [0, 0.1) is 11.6 Å². The second kappa shape index (κ2) is 5.68. The number of alkyl halides is 1. The SMILES string of the molecule is Fc1ccc(F)c(C(Br)c2ccc(Br)c(Cl)c2)c1. The molecule has 0 radical (unpaired) electrons. The monoisotopic (exact) mass is 394 g/mol. The fourth-order valence-corrected chi connectivity index (χ4v) is 2.63. The molecule has 0 amide bonds. The molecule has 18 heavy (non-hydrogen) atoms. The highest BCUT2D eigenvalue weighted by Crippen LogP contribution is 2.35. The zero-order chi connectivity index (χ0) is 13.3. The van der Waals surface area contributed by atoms with Crippen molar-refractivity contribution in [3.63, 3.8) is 0 Å². The van der Waals surface area contributed by atoms with Gasteiger partial charge in [0, 0.05) is 10.0 Å². The van der Waals surface area contributed by atoms with Crippen molar-refractivity contribution in [2.45, 2.75) is 4.83 Å². The summed E-state index contributed by atoms with van der Waals surface area (Å²) >= 11 is 12.6. The summed E-state index contributed by atoms with van der Waals surface area (Å²) in [6, 6.07) is 8.63. The van der Waals surface area contributed by atoms with E-state index in [-0.39, 0.29) is 5.56 Å². The summed E-state index contributed by atoms with van der Waals surface area (Å²) in [5.74, 6) is -0.934. The summed E-state index contributed by atoms with van der Waals surface area (Å²) in [6.45, 7) is 0. The molecule has 1 unspecified atom stereocenters. The molecule has 0 aliphatic carbocycles. The lowest BCUT2D eigenvalue weighted by Crippen LogP contribution is -1.97. The van der Waals surface area contributed by atoms with Crippen molar-refractivity contribution in [3.8, 4) is 0 Å². The van der Waals surface area contributed by atoms with Crippen molar-refractivity contribution in [3.05, 3.63) is 68.7 Å². The molecule has 2 aromatic carbocycles. The lowest BCUT2D eigenvalue weighted by Gasteiger charge is -2.12. The third-order valence-corrected chi connectivity index (χ3v) is 4.72. The van der Waals surface area contributed by atoms with Gasteiger partial charge in [0.15, 0.2) is 0 Å². The van der Waals surface area contributed by atoms with Crippen LogP contribution in [-0.2, 0) is 0 Å². The molecule has 0 bridgehead atoms. The van der Waals surface area contributed by atoms with Gasteiger partial charge < -0.3 is 0 Å². The Kier molecular flexibility index (Phi) is 4.41. The Balaban J connectivity index is 2.44. The second-order valence-electron chi connectivity index (χ2n) is 3.70. The Morgan fingerprint density at radius 3 is 2.44 bits per heavy atom. The van der Waals surface area contributed by atoms with Crippen LogP contribution in [0.3, 0.4) is 0 Å². The molecule has 0 saturated carbocycles. The van der Waals surface area contributed by atoms with E-state index in [0.717, 1.165) is 22.2 Å². The first-order chi connectivity index (χ1) is 8.49. The van der Waals surface area contributed by atoms with Gasteiger partial charge >= 0.3 is 0 Å². The molecular formula is C13H7Br2ClF2. The first-order valence-electron chi connectivity index (χ1n) is 5.03. The van der Waals surface area contributed by atoms with Crippen molar-refractivity contribution in [1.29, 1.82) is 0 Å². The van der Waals surface area contributed by atoms with E-state index in [4.69, 9.17) is 11.6 Å². The van der Waals surface area contributed by atoms with Crippen molar-refractivity contribution in [2.24, 2.45) is 0 Å². The third kappa shape index (κ3) is 2.92. The molecule has 2 rings (SSSR count). The topological polar surface area (TPSA) is 0 Å². The number of halogens is 5. The normalized spacial score (nSPS) is 12.5. The van der Waals surface area contributed by atoms with Crippen LogP contribution in [0.4, 0.5) is 8.78 Å². The predicted molar refractivity (Wildman–Crippen MR) is 76.3 cm³/mol. The summed E-state index contributed by atoms with van der Waals surface area (Å²) in [5, 5.41) is 0.522. The smallest absolute Gasteiger partial charge is 0.128 e. The summed E-state index contributed by atoms with van der Waals surface area (Å²) < 4.78 is 27.5. The van der Waals surface area contributed by atoms with Crippen LogP contribution in [0.5, 0.6) is 0 Å². The van der Waals surface area contributed by atoms with Crippen molar-refractivity contribution >= 4 is 43.5 Å². The molecule has 2 aromatic rings. The van der Waals surface area contributed by atoms with Gasteiger partial charge in [0.2, 0.25) is 0 Å². The molecule has 0 N–H and O–H groups in total. The van der Waals surface area contributed by atoms with E-state index < -0.39 is 16.5 Å². The van der Waals surface area contributed by atoms with Gasteiger partial charge in [-0.05, 0) is 51.8 Å². The first-order valence-corrected chi connectivity index (χ1v) is 7.11. The van der Waals surface area contributed by atoms with Gasteiger partial charge in [-0.3, -0.25) is 0 Å². The molecule has 0 nitrogen and oxygen atoms in total. The molecular weight excluding hydrogens is 389 g/mol. The van der Waals surface area contributed by atoms with Crippen molar-refractivity contribution < 1.29 is 8.78 Å². The van der Waals surface area contributed by atoms with Gasteiger partial charge in [-0.25, -0.2) is 8.78 Å². The molecule has 0 saturated heterocycles. The highest BCUT2D eigenvalue weighted by Gasteiger charge is 2.16. The number of hydrogen-bond donors (Lipinski definition) is 0. The van der Waals surface area contributed by atoms with Crippen LogP contribution in [-0.4, -0.2) is 0 Å². The molecule has 0 aliphatic heterocycles. The Morgan fingerprint density at radius 1 is 1.06 bits per heavy atom. The highest BCUT2D eigenvalue weighted by molar-refractivity contribution is 9.10. The largest absolute Gasteiger partial charge is 0.207 e. The number of hydrogen-bond acceptors (Lipinski definition) is 0. The van der Waals surface area contributed by atoms with E-state index >= 15 is 0 Å². The highest BCUT2D eigenvalue weighted by atomic mass is 79.9. The Hall–Kier alpha value is -0.450. The lowest BCUT2D eigenvalue weighted by molar-refractivity contribution is 0.588. The van der Waals surface area contributed by atoms with Crippen LogP contribution in [0.1, 0.15) is 16.0 Å². The first kappa shape index (κ1) is 14.0. The van der Waals surface area contributed by atoms with Crippen LogP contribution >= 0.6 is 43.5 Å². The quantitative estimate of drug-likeness (QED) is 0.558. The summed E-state index contributed by atoms with van der Waals surface area (Å²) in [6.07, 6.45) is 0. The molecule has 5 heteroatoms. The summed E-state index contributed by atoms with van der Waals surface area (Å²) in [4.78, 5) is -0.446. The van der Waals surface area contributed by atoms with Gasteiger partial charge in [0.25, 0.3) is 0 Å². The minimum absolute atomic E-state index is 0.244. The summed E-state index contributed by atoms with van der Waals surface area (Å²) in [7, 11) is 0. The molecule has 0 spiro atoms. The van der Waals surface area contributed by atoms with E-state index in [2.05, 4.69) is 31.9 Å². The average molecular weight is 396 g/mol. The van der Waals surface area contributed by atoms with Gasteiger partial charge in [-0.2, -0.15) is 0 Å². The van der Waals surface area contributed by atoms with Gasteiger partial charge in [0.05, 0.1) is 9.85 Å². The lowest BCUT2D eigenvalue weighted by atomic mass is 10.0. The molecule has 0 aromatic heterocycles. The Bertz CT molecular complexity index is 587. The van der Waals surface area contributed by atoms with Gasteiger partial charge in [-0.1, -0.05) is 33.6 Å². The minimum Gasteiger partial charge on any atom is -0.207 e. The average Bonchev–Trinajstić information content (AvgIpc) is 2.35. The van der Waals surface area contributed by atoms with Crippen LogP contribution in [0.25, 0.3) is 0 Å². The van der Waals surface area contributed by atoms with Crippen molar-refractivity contribution in [2.75, 3.05) is 0 Å². The minimum atomic E-state index is -0.473. The standard InChI is InChI=1S/C13H7Br2ClF2/c14-10-3-1-7(5-11(10)16)13(15)9-6-8(17)2-4-12(9)18/h1-6,13H. The second-order valence-corrected chi connectivity index (χ2v) is 5.88. The van der Waals surface area contributed by atoms with Gasteiger partial charge in [0.1, 0.15) is 11.6 Å². The maximum Gasteiger partial charge on any atom is 0.128 e. The Morgan fingerprint density at radius 2 is 1.78 bits per heavy atom. The molecule has 0 aliphatic rings. The molecule has 1 atom stereocenters. The predicted octanol–water partition coefficient (Wildman–Crippen LogP) is 5.87. The van der Waals surface area contributed by atoms with Crippen molar-refractivity contribution in [1.82, 2.24) is 0 Å². The maximum atomic E-state index is 13.6. The third-order valence-electron chi connectivity index (χ3n) is 2.47. The van der Waals surface area contributed by atoms with E-state index in [1.807, 2.05) is 0 Å². The van der Waals surface area contributed by atoms with E-state index in [0.29, 0.717) is 5.02 Å². The number of benzene rings is 2. The van der Waals surface area contributed by atoms with E-state index in [1.165, 1.54) is 6.07 Å². The number of rotatable bonds is 2. The Labute approximate surface area is 125 Å². The molecule has 0 fully saturated rings. The van der Waals surface area contributed by atoms with Crippen LogP contribution in [0.2, 0.25) is 5.02 Å². The molecule has 0 heterocycles. The van der Waals surface area contributed by atoms with E-state index in [9.17, 15) is 8.78 Å². The maximum absolute atomic E-state index is 13.6.